The van der Waals surface area contributed by atoms with Crippen molar-refractivity contribution in [3.63, 3.8) is 0 Å². The lowest BCUT2D eigenvalue weighted by atomic mass is 10.1. The van der Waals surface area contributed by atoms with E-state index in [0.717, 1.165) is 34.7 Å². The fourth-order valence-electron chi connectivity index (χ4n) is 3.02. The molecule has 0 saturated carbocycles. The minimum atomic E-state index is -0.198. The van der Waals surface area contributed by atoms with Crippen LogP contribution in [0.4, 0.5) is 0 Å². The average Bonchev–Trinajstić information content (AvgIpc) is 2.87. The van der Waals surface area contributed by atoms with Crippen molar-refractivity contribution in [3.8, 4) is 11.5 Å². The Bertz CT molecular complexity index is 937. The molecule has 27 heavy (non-hydrogen) atoms. The quantitative estimate of drug-likeness (QED) is 0.813. The number of nitrogens with one attached hydrogen (secondary N) is 1. The maximum atomic E-state index is 12.2. The third-order valence-corrected chi connectivity index (χ3v) is 4.78. The number of hydrogen-bond acceptors (Lipinski definition) is 4. The number of carbonyl (C=O) groups excluding carboxylic acids is 1. The van der Waals surface area contributed by atoms with E-state index in [2.05, 4.69) is 10.3 Å². The van der Waals surface area contributed by atoms with E-state index in [9.17, 15) is 4.79 Å². The molecule has 2 heterocycles. The van der Waals surface area contributed by atoms with E-state index in [1.807, 2.05) is 42.5 Å². The fraction of sp³-hybridized carbons (Fsp3) is 0.238. The molecule has 2 aromatic carbocycles. The van der Waals surface area contributed by atoms with Gasteiger partial charge in [0.05, 0.1) is 13.2 Å². The summed E-state index contributed by atoms with van der Waals surface area (Å²) in [4.78, 5) is 16.7. The van der Waals surface area contributed by atoms with E-state index in [1.165, 1.54) is 0 Å². The van der Waals surface area contributed by atoms with E-state index < -0.39 is 0 Å². The van der Waals surface area contributed by atoms with Crippen LogP contribution in [0.2, 0.25) is 5.02 Å². The largest absolute Gasteiger partial charge is 0.490 e. The van der Waals surface area contributed by atoms with Gasteiger partial charge in [-0.3, -0.25) is 4.79 Å². The smallest absolute Gasteiger partial charge is 0.275 e. The minimum absolute atomic E-state index is 0.198. The zero-order valence-electron chi connectivity index (χ0n) is 14.7. The minimum Gasteiger partial charge on any atom is -0.490 e. The topological polar surface area (TPSA) is 59.9 Å². The molecule has 138 valence electrons. The van der Waals surface area contributed by atoms with Crippen LogP contribution >= 0.6 is 11.6 Å². The fourth-order valence-corrected chi connectivity index (χ4v) is 3.25. The second-order valence-corrected chi connectivity index (χ2v) is 6.80. The highest BCUT2D eigenvalue weighted by Crippen LogP contribution is 2.31. The van der Waals surface area contributed by atoms with Crippen molar-refractivity contribution in [3.05, 3.63) is 64.3 Å². The van der Waals surface area contributed by atoms with E-state index in [4.69, 9.17) is 21.1 Å². The van der Waals surface area contributed by atoms with Crippen LogP contribution in [0.15, 0.2) is 53.2 Å². The standard InChI is InChI=1S/C21H19ClN2O3/c22-16-5-2-1-4-15(16)7-9-20-23-17(21(25)24-20)12-14-6-8-18-19(13-14)27-11-3-10-26-18/h1-2,4-6,8,12-13H,3,7,9-11H2,(H,23,24,25)/b17-12+. The molecule has 0 spiro atoms. The highest BCUT2D eigenvalue weighted by atomic mass is 35.5. The van der Waals surface area contributed by atoms with Crippen LogP contribution in [-0.4, -0.2) is 25.0 Å². The van der Waals surface area contributed by atoms with Crippen LogP contribution in [-0.2, 0) is 11.2 Å². The van der Waals surface area contributed by atoms with Crippen LogP contribution in [0, 0.1) is 0 Å². The molecule has 0 aliphatic carbocycles. The molecule has 0 fully saturated rings. The Balaban J connectivity index is 1.49. The highest BCUT2D eigenvalue weighted by molar-refractivity contribution is 6.31. The number of hydrogen-bond donors (Lipinski definition) is 1. The molecule has 0 bridgehead atoms. The summed E-state index contributed by atoms with van der Waals surface area (Å²) >= 11 is 6.18. The molecule has 0 unspecified atom stereocenters. The molecule has 4 rings (SSSR count). The lowest BCUT2D eigenvalue weighted by Crippen LogP contribution is -2.24. The second-order valence-electron chi connectivity index (χ2n) is 6.39. The lowest BCUT2D eigenvalue weighted by molar-refractivity contribution is -0.115. The predicted octanol–water partition coefficient (Wildman–Crippen LogP) is 4.00. The van der Waals surface area contributed by atoms with Crippen LogP contribution in [0.5, 0.6) is 11.5 Å². The first-order chi connectivity index (χ1) is 13.2. The Morgan fingerprint density at radius 1 is 1.07 bits per heavy atom. The molecule has 2 aliphatic rings. The molecule has 0 radical (unpaired) electrons. The number of rotatable bonds is 4. The highest BCUT2D eigenvalue weighted by Gasteiger charge is 2.20. The van der Waals surface area contributed by atoms with Gasteiger partial charge in [0.2, 0.25) is 0 Å². The number of benzene rings is 2. The van der Waals surface area contributed by atoms with Crippen LogP contribution < -0.4 is 14.8 Å². The molecular formula is C21H19ClN2O3. The van der Waals surface area contributed by atoms with E-state index in [-0.39, 0.29) is 5.91 Å². The molecule has 2 aliphatic heterocycles. The third-order valence-electron chi connectivity index (χ3n) is 4.41. The monoisotopic (exact) mass is 382 g/mol. The maximum Gasteiger partial charge on any atom is 0.275 e. The zero-order valence-corrected chi connectivity index (χ0v) is 15.5. The van der Waals surface area contributed by atoms with Gasteiger partial charge >= 0.3 is 0 Å². The summed E-state index contributed by atoms with van der Waals surface area (Å²) in [5.41, 5.74) is 2.27. The first-order valence-electron chi connectivity index (χ1n) is 8.93. The molecule has 6 heteroatoms. The summed E-state index contributed by atoms with van der Waals surface area (Å²) in [6.07, 6.45) is 3.95. The van der Waals surface area contributed by atoms with Gasteiger partial charge in [-0.1, -0.05) is 35.9 Å². The van der Waals surface area contributed by atoms with Crippen molar-refractivity contribution < 1.29 is 14.3 Å². The molecule has 1 amide bonds. The van der Waals surface area contributed by atoms with E-state index >= 15 is 0 Å². The first kappa shape index (κ1) is 17.6. The number of carbonyl (C=O) groups is 1. The van der Waals surface area contributed by atoms with Gasteiger partial charge in [0.15, 0.2) is 11.5 Å². The summed E-state index contributed by atoms with van der Waals surface area (Å²) in [6, 6.07) is 13.3. The van der Waals surface area contributed by atoms with Crippen LogP contribution in [0.3, 0.4) is 0 Å². The van der Waals surface area contributed by atoms with Gasteiger partial charge in [-0.25, -0.2) is 4.99 Å². The molecule has 1 N–H and O–H groups in total. The Morgan fingerprint density at radius 2 is 1.89 bits per heavy atom. The first-order valence-corrected chi connectivity index (χ1v) is 9.30. The van der Waals surface area contributed by atoms with Crippen molar-refractivity contribution in [2.75, 3.05) is 13.2 Å². The van der Waals surface area contributed by atoms with Gasteiger partial charge in [0.1, 0.15) is 11.5 Å². The number of amidine groups is 1. The average molecular weight is 383 g/mol. The Kier molecular flexibility index (Phi) is 5.12. The number of aliphatic imine (C=N–C) groups is 1. The molecule has 5 nitrogen and oxygen atoms in total. The molecular weight excluding hydrogens is 364 g/mol. The lowest BCUT2D eigenvalue weighted by Gasteiger charge is -2.07. The van der Waals surface area contributed by atoms with Crippen LogP contribution in [0.1, 0.15) is 24.0 Å². The van der Waals surface area contributed by atoms with Gasteiger partial charge in [0, 0.05) is 17.9 Å². The second kappa shape index (κ2) is 7.84. The Morgan fingerprint density at radius 3 is 2.74 bits per heavy atom. The number of halogens is 1. The van der Waals surface area contributed by atoms with Crippen molar-refractivity contribution in [1.29, 1.82) is 0 Å². The van der Waals surface area contributed by atoms with Crippen molar-refractivity contribution in [2.24, 2.45) is 4.99 Å². The number of nitrogens with zero attached hydrogens (tertiary/aromatic N) is 1. The number of amides is 1. The van der Waals surface area contributed by atoms with E-state index in [0.29, 0.717) is 36.9 Å². The molecule has 0 aromatic heterocycles. The Labute approximate surface area is 162 Å². The Hall–Kier alpha value is -2.79. The van der Waals surface area contributed by atoms with Crippen LogP contribution in [0.25, 0.3) is 6.08 Å². The van der Waals surface area contributed by atoms with Gasteiger partial charge in [-0.2, -0.15) is 0 Å². The summed E-state index contributed by atoms with van der Waals surface area (Å²) in [5, 5.41) is 3.56. The molecule has 0 atom stereocenters. The van der Waals surface area contributed by atoms with Gasteiger partial charge < -0.3 is 14.8 Å². The predicted molar refractivity (Wildman–Crippen MR) is 105 cm³/mol. The summed E-state index contributed by atoms with van der Waals surface area (Å²) < 4.78 is 11.3. The number of fused-ring (bicyclic) bond motifs is 1. The van der Waals surface area contributed by atoms with E-state index in [1.54, 1.807) is 6.08 Å². The van der Waals surface area contributed by atoms with Gasteiger partial charge in [-0.05, 0) is 41.8 Å². The summed E-state index contributed by atoms with van der Waals surface area (Å²) in [5.74, 6) is 1.88. The number of aryl methyl sites for hydroxylation is 1. The number of ether oxygens (including phenoxy) is 2. The third kappa shape index (κ3) is 4.14. The molecule has 2 aromatic rings. The van der Waals surface area contributed by atoms with Crippen molar-refractivity contribution >= 4 is 29.4 Å². The zero-order chi connectivity index (χ0) is 18.6. The van der Waals surface area contributed by atoms with Gasteiger partial charge in [-0.15, -0.1) is 0 Å². The molecule has 0 saturated heterocycles. The van der Waals surface area contributed by atoms with Crippen molar-refractivity contribution in [1.82, 2.24) is 5.32 Å². The normalized spacial score (nSPS) is 17.4. The SMILES string of the molecule is O=C1NC(CCc2ccccc2Cl)=N/C1=C/c1ccc2c(c1)OCCCO2. The van der Waals surface area contributed by atoms with Gasteiger partial charge in [0.25, 0.3) is 5.91 Å². The maximum absolute atomic E-state index is 12.2. The van der Waals surface area contributed by atoms with Crippen molar-refractivity contribution in [2.45, 2.75) is 19.3 Å². The summed E-state index contributed by atoms with van der Waals surface area (Å²) in [7, 11) is 0. The summed E-state index contributed by atoms with van der Waals surface area (Å²) in [6.45, 7) is 1.27.